The predicted octanol–water partition coefficient (Wildman–Crippen LogP) is 0.268. The van der Waals surface area contributed by atoms with Crippen molar-refractivity contribution < 1.29 is 29.3 Å². The number of aliphatic hydroxyl groups excluding tert-OH is 1. The number of nitrogens with one attached hydrogen (secondary N) is 1. The highest BCUT2D eigenvalue weighted by atomic mass is 16.5. The van der Waals surface area contributed by atoms with Gasteiger partial charge in [0, 0.05) is 12.1 Å². The molecule has 1 heterocycles. The zero-order chi connectivity index (χ0) is 17.9. The van der Waals surface area contributed by atoms with Crippen molar-refractivity contribution >= 4 is 23.3 Å². The van der Waals surface area contributed by atoms with Crippen LogP contribution in [-0.4, -0.2) is 59.6 Å². The first kappa shape index (κ1) is 17.5. The molecule has 0 aliphatic carbocycles. The zero-order valence-electron chi connectivity index (χ0n) is 13.3. The number of hydrogen-bond acceptors (Lipinski definition) is 7. The number of methoxy groups -OCH3 is 1. The molecule has 1 aromatic rings. The molecule has 0 spiro atoms. The van der Waals surface area contributed by atoms with Crippen LogP contribution < -0.4 is 5.32 Å². The van der Waals surface area contributed by atoms with Crippen LogP contribution in [0.4, 0.5) is 5.69 Å². The van der Waals surface area contributed by atoms with Gasteiger partial charge < -0.3 is 25.2 Å². The highest BCUT2D eigenvalue weighted by molar-refractivity contribution is 6.10. The first-order valence-corrected chi connectivity index (χ1v) is 7.22. The van der Waals surface area contributed by atoms with Gasteiger partial charge in [-0.2, -0.15) is 0 Å². The van der Waals surface area contributed by atoms with Gasteiger partial charge in [-0.1, -0.05) is 6.07 Å². The lowest BCUT2D eigenvalue weighted by atomic mass is 10.1. The van der Waals surface area contributed by atoms with E-state index in [0.717, 1.165) is 0 Å². The number of amides is 1. The fraction of sp³-hybridized carbons (Fsp3) is 0.312. The second-order valence-electron chi connectivity index (χ2n) is 5.18. The van der Waals surface area contributed by atoms with E-state index in [1.807, 2.05) is 0 Å². The standard InChI is InChI=1S/C16H18N2O6/c1-9(20)10-4-3-5-12(21)13(10)17-14-11(16(23)24-2)8-18(6-7-19)15(14)22/h3-5,17,19,21H,6-8H2,1-2H3. The molecule has 0 atom stereocenters. The summed E-state index contributed by atoms with van der Waals surface area (Å²) < 4.78 is 4.68. The second-order valence-corrected chi connectivity index (χ2v) is 5.18. The number of ether oxygens (including phenoxy) is 1. The molecule has 0 saturated heterocycles. The van der Waals surface area contributed by atoms with E-state index in [1.165, 1.54) is 37.1 Å². The van der Waals surface area contributed by atoms with Gasteiger partial charge >= 0.3 is 5.97 Å². The molecular formula is C16H18N2O6. The molecule has 3 N–H and O–H groups in total. The van der Waals surface area contributed by atoms with Gasteiger partial charge in [-0.3, -0.25) is 9.59 Å². The van der Waals surface area contributed by atoms with Gasteiger partial charge in [0.15, 0.2) is 5.78 Å². The number of hydrogen-bond donors (Lipinski definition) is 3. The van der Waals surface area contributed by atoms with Crippen molar-refractivity contribution in [1.82, 2.24) is 4.90 Å². The average molecular weight is 334 g/mol. The first-order chi connectivity index (χ1) is 11.4. The van der Waals surface area contributed by atoms with Crippen molar-refractivity contribution in [3.8, 4) is 5.75 Å². The van der Waals surface area contributed by atoms with E-state index in [-0.39, 0.29) is 53.8 Å². The van der Waals surface area contributed by atoms with Crippen LogP contribution in [0.5, 0.6) is 5.75 Å². The van der Waals surface area contributed by atoms with Crippen LogP contribution in [-0.2, 0) is 14.3 Å². The minimum absolute atomic E-state index is 0.0304. The Morgan fingerprint density at radius 1 is 1.38 bits per heavy atom. The highest BCUT2D eigenvalue weighted by Crippen LogP contribution is 2.31. The van der Waals surface area contributed by atoms with Gasteiger partial charge in [0.05, 0.1) is 31.5 Å². The molecule has 0 unspecified atom stereocenters. The van der Waals surface area contributed by atoms with Gasteiger partial charge in [0.2, 0.25) is 0 Å². The molecule has 8 heteroatoms. The summed E-state index contributed by atoms with van der Waals surface area (Å²) in [4.78, 5) is 37.4. The Kier molecular flexibility index (Phi) is 5.20. The smallest absolute Gasteiger partial charge is 0.337 e. The zero-order valence-corrected chi connectivity index (χ0v) is 13.3. The first-order valence-electron chi connectivity index (χ1n) is 7.22. The lowest BCUT2D eigenvalue weighted by Crippen LogP contribution is -2.31. The third-order valence-electron chi connectivity index (χ3n) is 3.63. The molecule has 0 fully saturated rings. The fourth-order valence-corrected chi connectivity index (χ4v) is 2.44. The Labute approximate surface area is 138 Å². The van der Waals surface area contributed by atoms with Crippen LogP contribution in [0.2, 0.25) is 0 Å². The summed E-state index contributed by atoms with van der Waals surface area (Å²) in [5.41, 5.74) is 0.203. The molecule has 0 radical (unpaired) electrons. The van der Waals surface area contributed by atoms with E-state index in [4.69, 9.17) is 5.11 Å². The van der Waals surface area contributed by atoms with Crippen molar-refractivity contribution in [3.05, 3.63) is 35.0 Å². The van der Waals surface area contributed by atoms with Crippen LogP contribution in [0.15, 0.2) is 29.5 Å². The number of rotatable bonds is 6. The minimum Gasteiger partial charge on any atom is -0.506 e. The molecule has 2 rings (SSSR count). The number of aromatic hydroxyl groups is 1. The van der Waals surface area contributed by atoms with Crippen LogP contribution >= 0.6 is 0 Å². The monoisotopic (exact) mass is 334 g/mol. The lowest BCUT2D eigenvalue weighted by Gasteiger charge is -2.16. The summed E-state index contributed by atoms with van der Waals surface area (Å²) in [6.45, 7) is 1.08. The number of phenols is 1. The van der Waals surface area contributed by atoms with Crippen LogP contribution in [0, 0.1) is 0 Å². The third kappa shape index (κ3) is 3.23. The Bertz CT molecular complexity index is 725. The van der Waals surface area contributed by atoms with Crippen LogP contribution in [0.3, 0.4) is 0 Å². The highest BCUT2D eigenvalue weighted by Gasteiger charge is 2.35. The quantitative estimate of drug-likeness (QED) is 0.388. The second kappa shape index (κ2) is 7.14. The average Bonchev–Trinajstić information content (AvgIpc) is 2.85. The molecule has 1 aliphatic rings. The number of esters is 1. The molecule has 1 aromatic carbocycles. The predicted molar refractivity (Wildman–Crippen MR) is 84.4 cm³/mol. The number of nitrogens with zero attached hydrogens (tertiary/aromatic N) is 1. The number of Topliss-reactive ketones (excluding diaryl/α,β-unsaturated/α-hetero) is 1. The molecule has 0 aromatic heterocycles. The summed E-state index contributed by atoms with van der Waals surface area (Å²) in [5, 5.41) is 21.7. The van der Waals surface area contributed by atoms with Crippen LogP contribution in [0.1, 0.15) is 17.3 Å². The maximum Gasteiger partial charge on any atom is 0.337 e. The Morgan fingerprint density at radius 3 is 2.67 bits per heavy atom. The van der Waals surface area contributed by atoms with E-state index in [9.17, 15) is 19.5 Å². The molecule has 0 bridgehead atoms. The number of aliphatic hydroxyl groups is 1. The maximum absolute atomic E-state index is 12.4. The number of para-hydroxylation sites is 1. The van der Waals surface area contributed by atoms with Crippen molar-refractivity contribution in [3.63, 3.8) is 0 Å². The number of carbonyl (C=O) groups excluding carboxylic acids is 3. The number of benzene rings is 1. The SMILES string of the molecule is COC(=O)C1=C(Nc2c(O)cccc2C(C)=O)C(=O)N(CCO)C1. The Hall–Kier alpha value is -2.87. The van der Waals surface area contributed by atoms with E-state index < -0.39 is 11.9 Å². The number of phenolic OH excluding ortho intramolecular Hbond substituents is 1. The maximum atomic E-state index is 12.4. The third-order valence-corrected chi connectivity index (χ3v) is 3.63. The van der Waals surface area contributed by atoms with Gasteiger partial charge in [0.1, 0.15) is 11.4 Å². The molecule has 0 saturated carbocycles. The topological polar surface area (TPSA) is 116 Å². The van der Waals surface area contributed by atoms with Gasteiger partial charge in [-0.15, -0.1) is 0 Å². The largest absolute Gasteiger partial charge is 0.506 e. The summed E-state index contributed by atoms with van der Waals surface area (Å²) in [6, 6.07) is 4.35. The molecule has 1 amide bonds. The Balaban J connectivity index is 2.47. The lowest BCUT2D eigenvalue weighted by molar-refractivity contribution is -0.136. The van der Waals surface area contributed by atoms with Gasteiger partial charge in [0.25, 0.3) is 5.91 Å². The molecule has 128 valence electrons. The number of carbonyl (C=O) groups is 3. The molecule has 1 aliphatic heterocycles. The summed E-state index contributed by atoms with van der Waals surface area (Å²) >= 11 is 0. The minimum atomic E-state index is -0.703. The fourth-order valence-electron chi connectivity index (χ4n) is 2.44. The van der Waals surface area contributed by atoms with E-state index in [2.05, 4.69) is 10.1 Å². The summed E-state index contributed by atoms with van der Waals surface area (Å²) in [5.74, 6) is -1.77. The van der Waals surface area contributed by atoms with Crippen molar-refractivity contribution in [1.29, 1.82) is 0 Å². The summed E-state index contributed by atoms with van der Waals surface area (Å²) in [7, 11) is 1.19. The Morgan fingerprint density at radius 2 is 2.08 bits per heavy atom. The van der Waals surface area contributed by atoms with Gasteiger partial charge in [-0.25, -0.2) is 4.79 Å². The van der Waals surface area contributed by atoms with E-state index in [1.54, 1.807) is 0 Å². The van der Waals surface area contributed by atoms with Crippen molar-refractivity contribution in [2.24, 2.45) is 0 Å². The van der Waals surface area contributed by atoms with E-state index in [0.29, 0.717) is 0 Å². The molecule has 24 heavy (non-hydrogen) atoms. The number of anilines is 1. The van der Waals surface area contributed by atoms with Crippen molar-refractivity contribution in [2.75, 3.05) is 32.1 Å². The van der Waals surface area contributed by atoms with Gasteiger partial charge in [-0.05, 0) is 19.1 Å². The normalized spacial score (nSPS) is 14.1. The molecular weight excluding hydrogens is 316 g/mol. The molecule has 8 nitrogen and oxygen atoms in total. The van der Waals surface area contributed by atoms with Crippen LogP contribution in [0.25, 0.3) is 0 Å². The number of β-amino-alcohol motifs (C(OH)–C–C–N with tert-alkyl or cyclic N) is 1. The summed E-state index contributed by atoms with van der Waals surface area (Å²) in [6.07, 6.45) is 0. The number of ketones is 1. The van der Waals surface area contributed by atoms with Crippen molar-refractivity contribution in [2.45, 2.75) is 6.92 Å². The van der Waals surface area contributed by atoms with E-state index >= 15 is 0 Å².